The maximum atomic E-state index is 12.4. The van der Waals surface area contributed by atoms with Crippen molar-refractivity contribution in [1.29, 1.82) is 0 Å². The maximum absolute atomic E-state index is 12.4. The van der Waals surface area contributed by atoms with E-state index in [0.29, 0.717) is 17.0 Å². The van der Waals surface area contributed by atoms with Crippen molar-refractivity contribution >= 4 is 23.7 Å². The van der Waals surface area contributed by atoms with E-state index in [1.54, 1.807) is 26.0 Å². The van der Waals surface area contributed by atoms with Gasteiger partial charge in [-0.3, -0.25) is 14.6 Å². The molecule has 0 spiro atoms. The van der Waals surface area contributed by atoms with Crippen LogP contribution in [0, 0.1) is 12.8 Å². The first kappa shape index (κ1) is 13.3. The van der Waals surface area contributed by atoms with Crippen LogP contribution in [0.4, 0.5) is 5.69 Å². The molecule has 5 heteroatoms. The fraction of sp³-hybridized carbons (Fsp3) is 0.357. The number of esters is 1. The van der Waals surface area contributed by atoms with Crippen molar-refractivity contribution in [2.75, 3.05) is 13.7 Å². The number of hydrogen-bond acceptors (Lipinski definition) is 5. The Morgan fingerprint density at radius 3 is 2.79 bits per heavy atom. The Morgan fingerprint density at radius 1 is 1.42 bits per heavy atom. The zero-order valence-electron chi connectivity index (χ0n) is 11.1. The average molecular weight is 261 g/mol. The van der Waals surface area contributed by atoms with Gasteiger partial charge in [-0.15, -0.1) is 0 Å². The lowest BCUT2D eigenvalue weighted by Crippen LogP contribution is -2.30. The summed E-state index contributed by atoms with van der Waals surface area (Å²) in [6.07, 6.45) is 1.32. The molecule has 100 valence electrons. The first-order valence-corrected chi connectivity index (χ1v) is 6.02. The number of methoxy groups -OCH3 is 1. The van der Waals surface area contributed by atoms with Gasteiger partial charge < -0.3 is 9.47 Å². The summed E-state index contributed by atoms with van der Waals surface area (Å²) in [4.78, 5) is 28.3. The highest BCUT2D eigenvalue weighted by atomic mass is 16.5. The Hall–Kier alpha value is -2.17. The Morgan fingerprint density at radius 2 is 2.16 bits per heavy atom. The van der Waals surface area contributed by atoms with Gasteiger partial charge in [0.15, 0.2) is 11.7 Å². The third kappa shape index (κ3) is 2.23. The van der Waals surface area contributed by atoms with Crippen molar-refractivity contribution in [3.05, 3.63) is 23.3 Å². The lowest BCUT2D eigenvalue weighted by Gasteiger charge is -2.19. The van der Waals surface area contributed by atoms with E-state index in [9.17, 15) is 9.59 Å². The van der Waals surface area contributed by atoms with Crippen molar-refractivity contribution < 1.29 is 19.1 Å². The quantitative estimate of drug-likeness (QED) is 0.617. The molecular formula is C14H15NO4. The number of ketones is 1. The Kier molecular flexibility index (Phi) is 3.64. The largest absolute Gasteiger partial charge is 0.494 e. The van der Waals surface area contributed by atoms with Crippen molar-refractivity contribution in [3.63, 3.8) is 0 Å². The van der Waals surface area contributed by atoms with Crippen LogP contribution in [0.25, 0.3) is 0 Å². The number of carbonyl (C=O) groups is 2. The lowest BCUT2D eigenvalue weighted by atomic mass is 9.91. The summed E-state index contributed by atoms with van der Waals surface area (Å²) in [5.41, 5.74) is 1.68. The number of Topliss-reactive ketones (excluding diaryl/α,β-unsaturated/α-hetero) is 1. The van der Waals surface area contributed by atoms with E-state index in [0.717, 1.165) is 5.56 Å². The predicted molar refractivity (Wildman–Crippen MR) is 70.3 cm³/mol. The molecule has 0 radical (unpaired) electrons. The van der Waals surface area contributed by atoms with E-state index >= 15 is 0 Å². The summed E-state index contributed by atoms with van der Waals surface area (Å²) >= 11 is 0. The van der Waals surface area contributed by atoms with Gasteiger partial charge in [-0.25, -0.2) is 0 Å². The molecule has 0 N–H and O–H groups in total. The summed E-state index contributed by atoms with van der Waals surface area (Å²) in [5, 5.41) is 0. The SMILES string of the molecule is CCOC(=O)C1C=Nc2c(OC)ccc(C)c2C1=O. The van der Waals surface area contributed by atoms with Gasteiger partial charge in [-0.2, -0.15) is 0 Å². The molecule has 5 nitrogen and oxygen atoms in total. The van der Waals surface area contributed by atoms with Gasteiger partial charge in [0, 0.05) is 6.21 Å². The molecule has 0 aliphatic carbocycles. The number of rotatable bonds is 3. The number of aryl methyl sites for hydroxylation is 1. The minimum atomic E-state index is -0.960. The van der Waals surface area contributed by atoms with Crippen LogP contribution in [0.1, 0.15) is 22.8 Å². The molecule has 1 aromatic carbocycles. The van der Waals surface area contributed by atoms with E-state index in [4.69, 9.17) is 9.47 Å². The molecule has 0 bridgehead atoms. The standard InChI is InChI=1S/C14H15NO4/c1-4-19-14(17)9-7-15-12-10(18-3)6-5-8(2)11(12)13(9)16/h5-7,9H,4H2,1-3H3. The van der Waals surface area contributed by atoms with E-state index in [2.05, 4.69) is 4.99 Å². The number of hydrogen-bond donors (Lipinski definition) is 0. The fourth-order valence-electron chi connectivity index (χ4n) is 2.05. The van der Waals surface area contributed by atoms with Crippen molar-refractivity contribution in [2.24, 2.45) is 10.9 Å². The van der Waals surface area contributed by atoms with Crippen LogP contribution in [0.2, 0.25) is 0 Å². The third-order valence-electron chi connectivity index (χ3n) is 2.99. The predicted octanol–water partition coefficient (Wildman–Crippen LogP) is 2.08. The van der Waals surface area contributed by atoms with Gasteiger partial charge in [0.2, 0.25) is 0 Å². The fourth-order valence-corrected chi connectivity index (χ4v) is 2.05. The highest BCUT2D eigenvalue weighted by molar-refractivity contribution is 6.23. The minimum absolute atomic E-state index is 0.237. The zero-order valence-corrected chi connectivity index (χ0v) is 11.1. The number of benzene rings is 1. The van der Waals surface area contributed by atoms with Crippen molar-refractivity contribution in [3.8, 4) is 5.75 Å². The van der Waals surface area contributed by atoms with Crippen LogP contribution in [0.15, 0.2) is 17.1 Å². The van der Waals surface area contributed by atoms with E-state index < -0.39 is 11.9 Å². The Balaban J connectivity index is 2.47. The minimum Gasteiger partial charge on any atom is -0.494 e. The second-order valence-electron chi connectivity index (χ2n) is 4.18. The highest BCUT2D eigenvalue weighted by Gasteiger charge is 2.34. The number of nitrogens with zero attached hydrogens (tertiary/aromatic N) is 1. The van der Waals surface area contributed by atoms with Gasteiger partial charge in [0.25, 0.3) is 0 Å². The molecule has 1 heterocycles. The summed E-state index contributed by atoms with van der Waals surface area (Å²) in [6.45, 7) is 3.74. The second kappa shape index (κ2) is 5.22. The molecule has 1 aliphatic heterocycles. The first-order valence-electron chi connectivity index (χ1n) is 6.02. The van der Waals surface area contributed by atoms with Crippen LogP contribution in [0.5, 0.6) is 5.75 Å². The van der Waals surface area contributed by atoms with Crippen LogP contribution in [-0.4, -0.2) is 31.7 Å². The van der Waals surface area contributed by atoms with Crippen molar-refractivity contribution in [2.45, 2.75) is 13.8 Å². The zero-order chi connectivity index (χ0) is 14.0. The van der Waals surface area contributed by atoms with Gasteiger partial charge in [-0.05, 0) is 25.5 Å². The molecule has 0 saturated carbocycles. The van der Waals surface area contributed by atoms with Gasteiger partial charge in [0.05, 0.1) is 19.3 Å². The summed E-state index contributed by atoms with van der Waals surface area (Å²) in [6, 6.07) is 3.53. The number of aliphatic imine (C=N–C) groups is 1. The summed E-state index contributed by atoms with van der Waals surface area (Å²) in [7, 11) is 1.52. The van der Waals surface area contributed by atoms with Crippen LogP contribution < -0.4 is 4.74 Å². The lowest BCUT2D eigenvalue weighted by molar-refractivity contribution is -0.143. The van der Waals surface area contributed by atoms with E-state index in [1.807, 2.05) is 0 Å². The Labute approximate surface area is 111 Å². The molecular weight excluding hydrogens is 246 g/mol. The highest BCUT2D eigenvalue weighted by Crippen LogP contribution is 2.37. The topological polar surface area (TPSA) is 65.0 Å². The van der Waals surface area contributed by atoms with Crippen LogP contribution in [0.3, 0.4) is 0 Å². The maximum Gasteiger partial charge on any atom is 0.322 e. The molecule has 0 saturated heterocycles. The molecule has 1 aromatic rings. The molecule has 0 aromatic heterocycles. The molecule has 19 heavy (non-hydrogen) atoms. The van der Waals surface area contributed by atoms with Gasteiger partial charge in [0.1, 0.15) is 11.4 Å². The molecule has 1 aliphatic rings. The molecule has 1 atom stereocenters. The summed E-state index contributed by atoms with van der Waals surface area (Å²) < 4.78 is 10.1. The molecule has 1 unspecified atom stereocenters. The normalized spacial score (nSPS) is 17.0. The molecule has 0 amide bonds. The molecule has 2 rings (SSSR count). The second-order valence-corrected chi connectivity index (χ2v) is 4.18. The van der Waals surface area contributed by atoms with Gasteiger partial charge >= 0.3 is 5.97 Å². The number of fused-ring (bicyclic) bond motifs is 1. The summed E-state index contributed by atoms with van der Waals surface area (Å²) in [5.74, 6) is -1.30. The Bertz CT molecular complexity index is 563. The van der Waals surface area contributed by atoms with Crippen molar-refractivity contribution in [1.82, 2.24) is 0 Å². The van der Waals surface area contributed by atoms with E-state index in [-0.39, 0.29) is 12.4 Å². The smallest absolute Gasteiger partial charge is 0.322 e. The monoisotopic (exact) mass is 261 g/mol. The number of carbonyl (C=O) groups excluding carboxylic acids is 2. The average Bonchev–Trinajstić information content (AvgIpc) is 2.39. The van der Waals surface area contributed by atoms with E-state index in [1.165, 1.54) is 13.3 Å². The van der Waals surface area contributed by atoms with Crippen LogP contribution in [-0.2, 0) is 9.53 Å². The number of ether oxygens (including phenoxy) is 2. The van der Waals surface area contributed by atoms with Gasteiger partial charge in [-0.1, -0.05) is 6.07 Å². The first-order chi connectivity index (χ1) is 9.10. The van der Waals surface area contributed by atoms with Crippen LogP contribution >= 0.6 is 0 Å². The third-order valence-corrected chi connectivity index (χ3v) is 2.99. The molecule has 0 fully saturated rings.